The molecule has 1 aliphatic rings. The molecule has 1 atom stereocenters. The second-order valence-electron chi connectivity index (χ2n) is 3.86. The lowest BCUT2D eigenvalue weighted by Gasteiger charge is -2.23. The Morgan fingerprint density at radius 1 is 1.40 bits per heavy atom. The summed E-state index contributed by atoms with van der Waals surface area (Å²) in [6.07, 6.45) is 3.17. The van der Waals surface area contributed by atoms with Gasteiger partial charge in [0.05, 0.1) is 6.61 Å². The molecule has 86 valence electrons. The van der Waals surface area contributed by atoms with Gasteiger partial charge in [0.1, 0.15) is 0 Å². The number of hydrogen-bond acceptors (Lipinski definition) is 3. The highest BCUT2D eigenvalue weighted by Gasteiger charge is 2.46. The van der Waals surface area contributed by atoms with Crippen molar-refractivity contribution >= 4 is 11.8 Å². The number of esters is 1. The molecule has 0 bridgehead atoms. The molecular weight excluding hydrogens is 199 g/mol. The van der Waals surface area contributed by atoms with E-state index in [0.29, 0.717) is 12.8 Å². The summed E-state index contributed by atoms with van der Waals surface area (Å²) in [5, 5.41) is 0. The molecule has 1 fully saturated rings. The fourth-order valence-electron chi connectivity index (χ4n) is 1.81. The van der Waals surface area contributed by atoms with Crippen LogP contribution in [0.25, 0.3) is 0 Å². The minimum Gasteiger partial charge on any atom is -0.463 e. The second-order valence-corrected chi connectivity index (χ2v) is 3.86. The number of carbonyl (C=O) groups is 2. The number of carbonyl (C=O) groups excluding carboxylic acids is 2. The highest BCUT2D eigenvalue weighted by Crippen LogP contribution is 2.28. The molecule has 0 saturated heterocycles. The lowest BCUT2D eigenvalue weighted by atomic mass is 9.87. The molecule has 0 aromatic rings. The van der Waals surface area contributed by atoms with Gasteiger partial charge in [-0.1, -0.05) is 12.8 Å². The Hall–Kier alpha value is -0.930. The Balaban J connectivity index is 2.75. The van der Waals surface area contributed by atoms with Crippen LogP contribution in [-0.4, -0.2) is 24.0 Å². The summed E-state index contributed by atoms with van der Waals surface area (Å²) in [5.74, 6) is -1.61. The van der Waals surface area contributed by atoms with Crippen LogP contribution in [0.5, 0.6) is 0 Å². The third-order valence-corrected chi connectivity index (χ3v) is 2.72. The van der Waals surface area contributed by atoms with Gasteiger partial charge in [-0.3, -0.25) is 4.79 Å². The van der Waals surface area contributed by atoms with Crippen LogP contribution in [0.4, 0.5) is 4.39 Å². The van der Waals surface area contributed by atoms with Gasteiger partial charge in [0.25, 0.3) is 5.67 Å². The van der Waals surface area contributed by atoms with Crippen LogP contribution >= 0.6 is 0 Å². The average molecular weight is 216 g/mol. The van der Waals surface area contributed by atoms with Gasteiger partial charge in [-0.25, -0.2) is 9.18 Å². The molecular formula is C11H17FO3. The molecule has 0 heterocycles. The van der Waals surface area contributed by atoms with Crippen LogP contribution in [0.2, 0.25) is 0 Å². The van der Waals surface area contributed by atoms with Crippen molar-refractivity contribution in [2.24, 2.45) is 0 Å². The highest BCUT2D eigenvalue weighted by molar-refractivity contribution is 6.07. The largest absolute Gasteiger partial charge is 0.463 e. The Kier molecular flexibility index (Phi) is 4.24. The summed E-state index contributed by atoms with van der Waals surface area (Å²) in [6.45, 7) is 1.71. The van der Waals surface area contributed by atoms with Crippen molar-refractivity contribution in [2.45, 2.75) is 51.1 Å². The van der Waals surface area contributed by atoms with Crippen LogP contribution in [0, 0.1) is 0 Å². The summed E-state index contributed by atoms with van der Waals surface area (Å²) >= 11 is 0. The summed E-state index contributed by atoms with van der Waals surface area (Å²) in [5.41, 5.74) is -2.38. The molecule has 1 unspecified atom stereocenters. The molecule has 0 spiro atoms. The van der Waals surface area contributed by atoms with E-state index in [0.717, 1.165) is 12.8 Å². The molecule has 15 heavy (non-hydrogen) atoms. The van der Waals surface area contributed by atoms with Crippen LogP contribution < -0.4 is 0 Å². The zero-order chi connectivity index (χ0) is 11.3. The van der Waals surface area contributed by atoms with Gasteiger partial charge < -0.3 is 4.74 Å². The van der Waals surface area contributed by atoms with Gasteiger partial charge in [0.2, 0.25) is 0 Å². The first-order chi connectivity index (χ1) is 7.11. The minimum absolute atomic E-state index is 0.0231. The second kappa shape index (κ2) is 5.24. The minimum atomic E-state index is -2.38. The zero-order valence-electron chi connectivity index (χ0n) is 9.05. The monoisotopic (exact) mass is 216 g/mol. The summed E-state index contributed by atoms with van der Waals surface area (Å²) < 4.78 is 18.8. The predicted octanol–water partition coefficient (Wildman–Crippen LogP) is 2.18. The summed E-state index contributed by atoms with van der Waals surface area (Å²) in [6, 6.07) is 0. The molecule has 4 heteroatoms. The lowest BCUT2D eigenvalue weighted by molar-refractivity contribution is -0.163. The van der Waals surface area contributed by atoms with E-state index in [1.807, 2.05) is 0 Å². The first-order valence-corrected chi connectivity index (χ1v) is 5.50. The highest BCUT2D eigenvalue weighted by atomic mass is 19.1. The van der Waals surface area contributed by atoms with Crippen molar-refractivity contribution in [1.29, 1.82) is 0 Å². The van der Waals surface area contributed by atoms with E-state index in [1.165, 1.54) is 0 Å². The Morgan fingerprint density at radius 3 is 2.73 bits per heavy atom. The molecule has 3 nitrogen and oxygen atoms in total. The molecule has 0 aliphatic heterocycles. The number of ether oxygens (including phenoxy) is 1. The van der Waals surface area contributed by atoms with E-state index in [2.05, 4.69) is 4.74 Å². The Bertz CT molecular complexity index is 242. The topological polar surface area (TPSA) is 43.4 Å². The number of Topliss-reactive ketones (excluding diaryl/α,β-unsaturated/α-hetero) is 1. The zero-order valence-corrected chi connectivity index (χ0v) is 9.05. The SMILES string of the molecule is CCOC(=O)C1(F)CCCCCCC1=O. The van der Waals surface area contributed by atoms with Crippen LogP contribution in [-0.2, 0) is 14.3 Å². The van der Waals surface area contributed by atoms with Gasteiger partial charge >= 0.3 is 5.97 Å². The van der Waals surface area contributed by atoms with E-state index in [9.17, 15) is 14.0 Å². The summed E-state index contributed by atoms with van der Waals surface area (Å²) in [7, 11) is 0. The van der Waals surface area contributed by atoms with Crippen molar-refractivity contribution in [3.8, 4) is 0 Å². The van der Waals surface area contributed by atoms with E-state index in [4.69, 9.17) is 0 Å². The van der Waals surface area contributed by atoms with Gasteiger partial charge in [-0.2, -0.15) is 0 Å². The van der Waals surface area contributed by atoms with E-state index >= 15 is 0 Å². The molecule has 1 saturated carbocycles. The fraction of sp³-hybridized carbons (Fsp3) is 0.818. The van der Waals surface area contributed by atoms with Crippen molar-refractivity contribution < 1.29 is 18.7 Å². The maximum absolute atomic E-state index is 14.2. The smallest absolute Gasteiger partial charge is 0.351 e. The van der Waals surface area contributed by atoms with Crippen LogP contribution in [0.1, 0.15) is 45.4 Å². The van der Waals surface area contributed by atoms with Crippen molar-refractivity contribution in [1.82, 2.24) is 0 Å². The average Bonchev–Trinajstić information content (AvgIpc) is 2.20. The van der Waals surface area contributed by atoms with Crippen LogP contribution in [0.15, 0.2) is 0 Å². The molecule has 0 radical (unpaired) electrons. The van der Waals surface area contributed by atoms with Crippen molar-refractivity contribution in [3.63, 3.8) is 0 Å². The Labute approximate surface area is 89.0 Å². The van der Waals surface area contributed by atoms with E-state index in [1.54, 1.807) is 6.92 Å². The number of ketones is 1. The third-order valence-electron chi connectivity index (χ3n) is 2.72. The lowest BCUT2D eigenvalue weighted by Crippen LogP contribution is -2.44. The molecule has 0 aromatic heterocycles. The number of halogens is 1. The van der Waals surface area contributed by atoms with Gasteiger partial charge in [0.15, 0.2) is 5.78 Å². The standard InChI is InChI=1S/C11H17FO3/c1-2-15-10(14)11(12)8-6-4-3-5-7-9(11)13/h2-8H2,1H3. The maximum Gasteiger partial charge on any atom is 0.351 e. The van der Waals surface area contributed by atoms with Gasteiger partial charge in [0, 0.05) is 6.42 Å². The maximum atomic E-state index is 14.2. The van der Waals surface area contributed by atoms with E-state index in [-0.39, 0.29) is 19.4 Å². The fourth-order valence-corrected chi connectivity index (χ4v) is 1.81. The summed E-state index contributed by atoms with van der Waals surface area (Å²) in [4.78, 5) is 22.9. The molecule has 0 amide bonds. The molecule has 0 aromatic carbocycles. The predicted molar refractivity (Wildman–Crippen MR) is 53.2 cm³/mol. The normalized spacial score (nSPS) is 28.0. The third kappa shape index (κ3) is 2.76. The first kappa shape index (κ1) is 12.1. The van der Waals surface area contributed by atoms with E-state index < -0.39 is 17.4 Å². The quantitative estimate of drug-likeness (QED) is 0.525. The van der Waals surface area contributed by atoms with Gasteiger partial charge in [-0.15, -0.1) is 0 Å². The number of hydrogen-bond donors (Lipinski definition) is 0. The van der Waals surface area contributed by atoms with Crippen molar-refractivity contribution in [2.75, 3.05) is 6.61 Å². The van der Waals surface area contributed by atoms with Gasteiger partial charge in [-0.05, 0) is 26.2 Å². The first-order valence-electron chi connectivity index (χ1n) is 5.50. The molecule has 0 N–H and O–H groups in total. The molecule has 1 rings (SSSR count). The van der Waals surface area contributed by atoms with Crippen molar-refractivity contribution in [3.05, 3.63) is 0 Å². The van der Waals surface area contributed by atoms with Crippen LogP contribution in [0.3, 0.4) is 0 Å². The molecule has 1 aliphatic carbocycles. The Morgan fingerprint density at radius 2 is 2.07 bits per heavy atom. The number of rotatable bonds is 2. The number of alkyl halides is 1.